The number of anilines is 1. The van der Waals surface area contributed by atoms with E-state index in [0.717, 1.165) is 19.3 Å². The molecule has 0 aliphatic carbocycles. The number of nitrogens with zero attached hydrogens (tertiary/aromatic N) is 2. The first-order valence-electron chi connectivity index (χ1n) is 7.74. The molecule has 1 saturated heterocycles. The highest BCUT2D eigenvalue weighted by Gasteiger charge is 2.30. The number of hydrogen-bond donors (Lipinski definition) is 2. The third-order valence-electron chi connectivity index (χ3n) is 3.55. The lowest BCUT2D eigenvalue weighted by Crippen LogP contribution is -2.48. The number of aromatic hydroxyl groups is 1. The van der Waals surface area contributed by atoms with Crippen LogP contribution in [0.4, 0.5) is 10.6 Å². The van der Waals surface area contributed by atoms with E-state index >= 15 is 0 Å². The second-order valence-corrected chi connectivity index (χ2v) is 6.58. The van der Waals surface area contributed by atoms with E-state index in [1.54, 1.807) is 23.2 Å². The summed E-state index contributed by atoms with van der Waals surface area (Å²) in [5.74, 6) is 0.555. The molecule has 0 saturated carbocycles. The van der Waals surface area contributed by atoms with Crippen LogP contribution in [0.25, 0.3) is 0 Å². The number of rotatable bonds is 3. The molecular formula is C16H25N3O3. The number of carbonyl (C=O) groups excluding carboxylic acids is 1. The van der Waals surface area contributed by atoms with Crippen LogP contribution in [0.2, 0.25) is 0 Å². The standard InChI is InChI=1S/C16H25N3O3/c1-16(2,3)22-15(21)19-10-5-4-7-12(19)11-18-14-13(20)8-6-9-17-14/h6,8-9,12,20H,4-5,7,10-11H2,1-3H3,(H,17,18). The molecule has 0 spiro atoms. The molecule has 22 heavy (non-hydrogen) atoms. The molecule has 1 fully saturated rings. The van der Waals surface area contributed by atoms with Gasteiger partial charge in [-0.1, -0.05) is 0 Å². The van der Waals surface area contributed by atoms with Crippen molar-refractivity contribution in [2.75, 3.05) is 18.4 Å². The Labute approximate surface area is 131 Å². The van der Waals surface area contributed by atoms with Crippen molar-refractivity contribution < 1.29 is 14.6 Å². The number of aromatic nitrogens is 1. The number of nitrogens with one attached hydrogen (secondary N) is 1. The van der Waals surface area contributed by atoms with Crippen LogP contribution in [0.3, 0.4) is 0 Å². The van der Waals surface area contributed by atoms with Crippen molar-refractivity contribution >= 4 is 11.9 Å². The maximum absolute atomic E-state index is 12.3. The monoisotopic (exact) mass is 307 g/mol. The van der Waals surface area contributed by atoms with Crippen molar-refractivity contribution in [3.05, 3.63) is 18.3 Å². The lowest BCUT2D eigenvalue weighted by molar-refractivity contribution is 0.0114. The van der Waals surface area contributed by atoms with Crippen LogP contribution >= 0.6 is 0 Å². The minimum absolute atomic E-state index is 0.0463. The minimum Gasteiger partial charge on any atom is -0.504 e. The second kappa shape index (κ2) is 6.85. The smallest absolute Gasteiger partial charge is 0.410 e. The summed E-state index contributed by atoms with van der Waals surface area (Å²) in [6, 6.07) is 3.31. The van der Waals surface area contributed by atoms with Gasteiger partial charge in [0.1, 0.15) is 5.60 Å². The fraction of sp³-hybridized carbons (Fsp3) is 0.625. The molecule has 1 aromatic heterocycles. The van der Waals surface area contributed by atoms with E-state index in [-0.39, 0.29) is 17.9 Å². The van der Waals surface area contributed by atoms with E-state index in [1.807, 2.05) is 20.8 Å². The molecule has 2 N–H and O–H groups in total. The molecule has 122 valence electrons. The Kier molecular flexibility index (Phi) is 5.11. The summed E-state index contributed by atoms with van der Waals surface area (Å²) in [6.45, 7) is 6.86. The Morgan fingerprint density at radius 3 is 2.95 bits per heavy atom. The number of pyridine rings is 1. The fourth-order valence-electron chi connectivity index (χ4n) is 2.52. The predicted molar refractivity (Wildman–Crippen MR) is 85.0 cm³/mol. The van der Waals surface area contributed by atoms with Crippen molar-refractivity contribution in [3.63, 3.8) is 0 Å². The van der Waals surface area contributed by atoms with Gasteiger partial charge < -0.3 is 20.1 Å². The van der Waals surface area contributed by atoms with E-state index in [1.165, 1.54) is 0 Å². The van der Waals surface area contributed by atoms with Gasteiger partial charge in [0, 0.05) is 19.3 Å². The largest absolute Gasteiger partial charge is 0.504 e. The van der Waals surface area contributed by atoms with Crippen molar-refractivity contribution in [3.8, 4) is 5.75 Å². The molecular weight excluding hydrogens is 282 g/mol. The number of amides is 1. The molecule has 1 amide bonds. The Morgan fingerprint density at radius 1 is 1.50 bits per heavy atom. The Bertz CT molecular complexity index is 514. The molecule has 6 nitrogen and oxygen atoms in total. The number of carbonyl (C=O) groups is 1. The second-order valence-electron chi connectivity index (χ2n) is 6.58. The molecule has 0 radical (unpaired) electrons. The van der Waals surface area contributed by atoms with Gasteiger partial charge in [-0.3, -0.25) is 0 Å². The maximum Gasteiger partial charge on any atom is 0.410 e. The zero-order valence-electron chi connectivity index (χ0n) is 13.5. The van der Waals surface area contributed by atoms with E-state index < -0.39 is 5.60 Å². The molecule has 1 atom stereocenters. The number of ether oxygens (including phenoxy) is 1. The first-order chi connectivity index (χ1) is 10.4. The van der Waals surface area contributed by atoms with E-state index in [0.29, 0.717) is 18.9 Å². The highest BCUT2D eigenvalue weighted by molar-refractivity contribution is 5.68. The van der Waals surface area contributed by atoms with Crippen LogP contribution in [0.5, 0.6) is 5.75 Å². The van der Waals surface area contributed by atoms with Gasteiger partial charge in [-0.05, 0) is 52.2 Å². The van der Waals surface area contributed by atoms with Crippen LogP contribution in [0.1, 0.15) is 40.0 Å². The van der Waals surface area contributed by atoms with E-state index in [2.05, 4.69) is 10.3 Å². The van der Waals surface area contributed by atoms with Gasteiger partial charge >= 0.3 is 6.09 Å². The van der Waals surface area contributed by atoms with Crippen LogP contribution in [0.15, 0.2) is 18.3 Å². The topological polar surface area (TPSA) is 74.7 Å². The van der Waals surface area contributed by atoms with Crippen LogP contribution in [-0.4, -0.2) is 45.8 Å². The average Bonchev–Trinajstić information content (AvgIpc) is 2.45. The summed E-state index contributed by atoms with van der Waals surface area (Å²) < 4.78 is 5.48. The molecule has 0 bridgehead atoms. The number of likely N-dealkylation sites (tertiary alicyclic amines) is 1. The summed E-state index contributed by atoms with van der Waals surface area (Å²) in [5.41, 5.74) is -0.494. The van der Waals surface area contributed by atoms with Crippen molar-refractivity contribution in [2.45, 2.75) is 51.7 Å². The number of hydrogen-bond acceptors (Lipinski definition) is 5. The summed E-state index contributed by atoms with van der Waals surface area (Å²) in [5, 5.41) is 12.9. The normalized spacial score (nSPS) is 18.9. The summed E-state index contributed by atoms with van der Waals surface area (Å²) in [7, 11) is 0. The molecule has 2 rings (SSSR count). The molecule has 6 heteroatoms. The summed E-state index contributed by atoms with van der Waals surface area (Å²) in [6.07, 6.45) is 4.34. The fourth-order valence-corrected chi connectivity index (χ4v) is 2.52. The molecule has 1 aliphatic heterocycles. The average molecular weight is 307 g/mol. The van der Waals surface area contributed by atoms with Gasteiger partial charge in [-0.15, -0.1) is 0 Å². The van der Waals surface area contributed by atoms with Gasteiger partial charge in [0.25, 0.3) is 0 Å². The zero-order chi connectivity index (χ0) is 16.2. The lowest BCUT2D eigenvalue weighted by atomic mass is 10.0. The lowest BCUT2D eigenvalue weighted by Gasteiger charge is -2.36. The van der Waals surface area contributed by atoms with Crippen LogP contribution in [0, 0.1) is 0 Å². The van der Waals surface area contributed by atoms with Gasteiger partial charge in [0.2, 0.25) is 0 Å². The van der Waals surface area contributed by atoms with Crippen molar-refractivity contribution in [2.24, 2.45) is 0 Å². The van der Waals surface area contributed by atoms with Gasteiger partial charge in [-0.2, -0.15) is 0 Å². The molecule has 1 aliphatic rings. The van der Waals surface area contributed by atoms with Gasteiger partial charge in [0.15, 0.2) is 11.6 Å². The van der Waals surface area contributed by atoms with Crippen molar-refractivity contribution in [1.82, 2.24) is 9.88 Å². The first-order valence-corrected chi connectivity index (χ1v) is 7.74. The zero-order valence-corrected chi connectivity index (χ0v) is 13.5. The predicted octanol–water partition coefficient (Wildman–Crippen LogP) is 2.99. The van der Waals surface area contributed by atoms with Crippen LogP contribution < -0.4 is 5.32 Å². The van der Waals surface area contributed by atoms with Crippen LogP contribution in [-0.2, 0) is 4.74 Å². The van der Waals surface area contributed by atoms with E-state index in [9.17, 15) is 9.90 Å². The van der Waals surface area contributed by atoms with Gasteiger partial charge in [0.05, 0.1) is 6.04 Å². The highest BCUT2D eigenvalue weighted by atomic mass is 16.6. The summed E-state index contributed by atoms with van der Waals surface area (Å²) in [4.78, 5) is 18.2. The maximum atomic E-state index is 12.3. The van der Waals surface area contributed by atoms with Crippen molar-refractivity contribution in [1.29, 1.82) is 0 Å². The highest BCUT2D eigenvalue weighted by Crippen LogP contribution is 2.23. The molecule has 2 heterocycles. The third kappa shape index (κ3) is 4.51. The molecule has 1 unspecified atom stereocenters. The first kappa shape index (κ1) is 16.4. The third-order valence-corrected chi connectivity index (χ3v) is 3.55. The Hall–Kier alpha value is -1.98. The van der Waals surface area contributed by atoms with Gasteiger partial charge in [-0.25, -0.2) is 9.78 Å². The Morgan fingerprint density at radius 2 is 2.27 bits per heavy atom. The van der Waals surface area contributed by atoms with E-state index in [4.69, 9.17) is 4.74 Å². The molecule has 0 aromatic carbocycles. The summed E-state index contributed by atoms with van der Waals surface area (Å²) >= 11 is 0. The SMILES string of the molecule is CC(C)(C)OC(=O)N1CCCCC1CNc1ncccc1O. The molecule has 1 aromatic rings. The number of piperidine rings is 1. The quantitative estimate of drug-likeness (QED) is 0.898. The Balaban J connectivity index is 1.98. The minimum atomic E-state index is -0.494.